The van der Waals surface area contributed by atoms with Gasteiger partial charge in [-0.1, -0.05) is 0 Å². The average molecular weight is 215 g/mol. The fourth-order valence-electron chi connectivity index (χ4n) is 1.41. The third-order valence-corrected chi connectivity index (χ3v) is 2.14. The molecule has 16 heavy (non-hydrogen) atoms. The van der Waals surface area contributed by atoms with Gasteiger partial charge in [0.25, 0.3) is 0 Å². The first kappa shape index (κ1) is 10.4. The van der Waals surface area contributed by atoms with Gasteiger partial charge in [-0.2, -0.15) is 0 Å². The molecule has 0 atom stereocenters. The predicted molar refractivity (Wildman–Crippen MR) is 57.5 cm³/mol. The van der Waals surface area contributed by atoms with Crippen LogP contribution in [0, 0.1) is 0 Å². The number of carbonyl (C=O) groups excluding carboxylic acids is 2. The lowest BCUT2D eigenvalue weighted by Gasteiger charge is -2.09. The molecule has 2 rings (SSSR count). The lowest BCUT2D eigenvalue weighted by atomic mass is 9.96. The van der Waals surface area contributed by atoms with Crippen LogP contribution in [0.15, 0.2) is 35.2 Å². The van der Waals surface area contributed by atoms with E-state index in [4.69, 9.17) is 0 Å². The summed E-state index contributed by atoms with van der Waals surface area (Å²) in [6, 6.07) is 0. The fourth-order valence-corrected chi connectivity index (χ4v) is 1.41. The first-order valence-corrected chi connectivity index (χ1v) is 4.76. The number of Topliss-reactive ketones (excluding diaryl/α,β-unsaturated/α-hetero) is 1. The molecule has 1 aliphatic rings. The Bertz CT molecular complexity index is 503. The molecule has 0 fully saturated rings. The monoisotopic (exact) mass is 215 g/mol. The molecule has 80 valence electrons. The molecule has 0 radical (unpaired) electrons. The van der Waals surface area contributed by atoms with Crippen LogP contribution in [0.25, 0.3) is 0 Å². The molecule has 5 heteroatoms. The van der Waals surface area contributed by atoms with Gasteiger partial charge in [-0.15, -0.1) is 0 Å². The number of ketones is 2. The normalized spacial score (nSPS) is 18.8. The topological polar surface area (TPSA) is 72.3 Å². The number of carbonyl (C=O) groups is 2. The molecule has 0 saturated heterocycles. The maximum Gasteiger partial charge on any atom is 0.203 e. The molecule has 1 aliphatic carbocycles. The van der Waals surface area contributed by atoms with Gasteiger partial charge in [0.05, 0.1) is 18.3 Å². The Morgan fingerprint density at radius 3 is 2.81 bits per heavy atom. The zero-order valence-corrected chi connectivity index (χ0v) is 8.67. The zero-order chi connectivity index (χ0) is 11.5. The van der Waals surface area contributed by atoms with Crippen LogP contribution in [0.2, 0.25) is 0 Å². The molecular formula is C11H9N3O2. The van der Waals surface area contributed by atoms with Crippen LogP contribution in [0.4, 0.5) is 5.82 Å². The van der Waals surface area contributed by atoms with E-state index in [1.54, 1.807) is 6.92 Å². The molecule has 0 saturated carbocycles. The van der Waals surface area contributed by atoms with E-state index in [9.17, 15) is 9.59 Å². The second kappa shape index (κ2) is 4.14. The highest BCUT2D eigenvalue weighted by atomic mass is 16.1. The van der Waals surface area contributed by atoms with E-state index >= 15 is 0 Å². The number of hydrogen-bond acceptors (Lipinski definition) is 5. The summed E-state index contributed by atoms with van der Waals surface area (Å²) >= 11 is 0. The van der Waals surface area contributed by atoms with Crippen LogP contribution in [-0.2, 0) is 9.59 Å². The first-order chi connectivity index (χ1) is 7.66. The molecule has 0 N–H and O–H groups in total. The lowest BCUT2D eigenvalue weighted by Crippen LogP contribution is -2.23. The van der Waals surface area contributed by atoms with E-state index < -0.39 is 0 Å². The van der Waals surface area contributed by atoms with Crippen LogP contribution in [0.1, 0.15) is 13.3 Å². The molecule has 0 bridgehead atoms. The van der Waals surface area contributed by atoms with E-state index in [-0.39, 0.29) is 23.7 Å². The van der Waals surface area contributed by atoms with Crippen LogP contribution in [0.5, 0.6) is 0 Å². The Balaban J connectivity index is 2.36. The summed E-state index contributed by atoms with van der Waals surface area (Å²) in [6.45, 7) is 1.60. The second-order valence-corrected chi connectivity index (χ2v) is 3.42. The number of nitrogens with zero attached hydrogens (tertiary/aromatic N) is 3. The van der Waals surface area contributed by atoms with Gasteiger partial charge in [0, 0.05) is 18.0 Å². The van der Waals surface area contributed by atoms with Crippen molar-refractivity contribution in [2.75, 3.05) is 0 Å². The summed E-state index contributed by atoms with van der Waals surface area (Å²) < 4.78 is 0. The quantitative estimate of drug-likeness (QED) is 0.701. The standard InChI is InChI=1S/C11H9N3O2/c1-7-4-8(15)5-9(11(7)16)14-10-6-12-2-3-13-10/h2-4,6H,5H2,1H3. The van der Waals surface area contributed by atoms with E-state index in [0.29, 0.717) is 11.4 Å². The molecule has 0 spiro atoms. The van der Waals surface area contributed by atoms with Gasteiger partial charge < -0.3 is 0 Å². The molecule has 5 nitrogen and oxygen atoms in total. The summed E-state index contributed by atoms with van der Waals surface area (Å²) in [5.41, 5.74) is 0.643. The van der Waals surface area contributed by atoms with Crippen molar-refractivity contribution in [1.29, 1.82) is 0 Å². The van der Waals surface area contributed by atoms with Crippen molar-refractivity contribution in [2.24, 2.45) is 4.99 Å². The van der Waals surface area contributed by atoms with Gasteiger partial charge >= 0.3 is 0 Å². The molecule has 1 aromatic heterocycles. The van der Waals surface area contributed by atoms with Gasteiger partial charge in [-0.25, -0.2) is 9.98 Å². The Hall–Kier alpha value is -2.17. The van der Waals surface area contributed by atoms with Crippen molar-refractivity contribution in [2.45, 2.75) is 13.3 Å². The van der Waals surface area contributed by atoms with Crippen LogP contribution >= 0.6 is 0 Å². The number of allylic oxidation sites excluding steroid dienone is 2. The number of hydrogen-bond donors (Lipinski definition) is 0. The van der Waals surface area contributed by atoms with Gasteiger partial charge in [0.2, 0.25) is 5.78 Å². The number of rotatable bonds is 1. The van der Waals surface area contributed by atoms with Crippen molar-refractivity contribution in [3.05, 3.63) is 30.2 Å². The highest BCUT2D eigenvalue weighted by Gasteiger charge is 2.22. The zero-order valence-electron chi connectivity index (χ0n) is 8.67. The van der Waals surface area contributed by atoms with E-state index in [1.807, 2.05) is 0 Å². The molecule has 0 unspecified atom stereocenters. The van der Waals surface area contributed by atoms with Crippen LogP contribution in [-0.4, -0.2) is 27.2 Å². The average Bonchev–Trinajstić information content (AvgIpc) is 2.27. The van der Waals surface area contributed by atoms with Gasteiger partial charge in [-0.3, -0.25) is 14.6 Å². The Labute approximate surface area is 91.9 Å². The van der Waals surface area contributed by atoms with Crippen LogP contribution < -0.4 is 0 Å². The summed E-state index contributed by atoms with van der Waals surface area (Å²) in [4.78, 5) is 34.7. The third kappa shape index (κ3) is 2.08. The third-order valence-electron chi connectivity index (χ3n) is 2.14. The molecule has 0 amide bonds. The SMILES string of the molecule is CC1=CC(=O)CC(=Nc2cnccn2)C1=O. The maximum absolute atomic E-state index is 11.7. The van der Waals surface area contributed by atoms with Crippen LogP contribution in [0.3, 0.4) is 0 Å². The van der Waals surface area contributed by atoms with E-state index in [2.05, 4.69) is 15.0 Å². The Morgan fingerprint density at radius 1 is 1.31 bits per heavy atom. The largest absolute Gasteiger partial charge is 0.294 e. The lowest BCUT2D eigenvalue weighted by molar-refractivity contribution is -0.116. The van der Waals surface area contributed by atoms with Crippen molar-refractivity contribution < 1.29 is 9.59 Å². The fraction of sp³-hybridized carbons (Fsp3) is 0.182. The van der Waals surface area contributed by atoms with Crippen molar-refractivity contribution in [1.82, 2.24) is 9.97 Å². The van der Waals surface area contributed by atoms with Crippen molar-refractivity contribution in [3.8, 4) is 0 Å². The minimum atomic E-state index is -0.203. The number of aromatic nitrogens is 2. The molecule has 1 aromatic rings. The molecule has 0 aliphatic heterocycles. The minimum absolute atomic E-state index is 0.0345. The predicted octanol–water partition coefficient (Wildman–Crippen LogP) is 1.04. The summed E-state index contributed by atoms with van der Waals surface area (Å²) in [6.07, 6.45) is 5.82. The van der Waals surface area contributed by atoms with E-state index in [0.717, 1.165) is 0 Å². The summed E-state index contributed by atoms with van der Waals surface area (Å²) in [7, 11) is 0. The molecule has 0 aromatic carbocycles. The summed E-state index contributed by atoms with van der Waals surface area (Å²) in [5, 5.41) is 0. The van der Waals surface area contributed by atoms with Gasteiger partial charge in [0.1, 0.15) is 0 Å². The van der Waals surface area contributed by atoms with Crippen molar-refractivity contribution >= 4 is 23.1 Å². The molecular weight excluding hydrogens is 206 g/mol. The minimum Gasteiger partial charge on any atom is -0.294 e. The summed E-state index contributed by atoms with van der Waals surface area (Å²) in [5.74, 6) is 0.0262. The highest BCUT2D eigenvalue weighted by molar-refractivity contribution is 6.51. The Kier molecular flexibility index (Phi) is 2.68. The number of aliphatic imine (C=N–C) groups is 1. The van der Waals surface area contributed by atoms with E-state index in [1.165, 1.54) is 24.7 Å². The van der Waals surface area contributed by atoms with Gasteiger partial charge in [-0.05, 0) is 13.0 Å². The highest BCUT2D eigenvalue weighted by Crippen LogP contribution is 2.13. The van der Waals surface area contributed by atoms with Crippen molar-refractivity contribution in [3.63, 3.8) is 0 Å². The first-order valence-electron chi connectivity index (χ1n) is 4.76. The Morgan fingerprint density at radius 2 is 2.12 bits per heavy atom. The smallest absolute Gasteiger partial charge is 0.203 e. The second-order valence-electron chi connectivity index (χ2n) is 3.42. The molecule has 1 heterocycles. The van der Waals surface area contributed by atoms with Gasteiger partial charge in [0.15, 0.2) is 11.6 Å². The maximum atomic E-state index is 11.7.